The van der Waals surface area contributed by atoms with E-state index in [2.05, 4.69) is 31.3 Å². The summed E-state index contributed by atoms with van der Waals surface area (Å²) in [6.07, 6.45) is 4.88. The van der Waals surface area contributed by atoms with Crippen molar-refractivity contribution >= 4 is 43.3 Å². The molecule has 0 saturated heterocycles. The zero-order valence-corrected chi connectivity index (χ0v) is 20.7. The van der Waals surface area contributed by atoms with Gasteiger partial charge in [-0.05, 0) is 59.5 Å². The number of halogens is 3. The lowest BCUT2D eigenvalue weighted by Crippen LogP contribution is -2.30. The second-order valence-electron chi connectivity index (χ2n) is 7.64. The molecule has 1 aliphatic carbocycles. The smallest absolute Gasteiger partial charge is 0.325 e. The molecule has 0 unspecified atom stereocenters. The highest BCUT2D eigenvalue weighted by Gasteiger charge is 2.27. The topological polar surface area (TPSA) is 123 Å². The Kier molecular flexibility index (Phi) is 7.22. The summed E-state index contributed by atoms with van der Waals surface area (Å²) in [6.45, 7) is -0.242. The highest BCUT2D eigenvalue weighted by Crippen LogP contribution is 2.33. The summed E-state index contributed by atoms with van der Waals surface area (Å²) in [4.78, 5) is 15.0. The summed E-state index contributed by atoms with van der Waals surface area (Å²) < 4.78 is 46.9. The van der Waals surface area contributed by atoms with Gasteiger partial charge in [-0.2, -0.15) is 5.10 Å². The molecular formula is C21H19BrClFN4O5S. The van der Waals surface area contributed by atoms with E-state index in [1.807, 2.05) is 0 Å². The molecule has 0 radical (unpaired) electrons. The first kappa shape index (κ1) is 24.6. The van der Waals surface area contributed by atoms with E-state index in [4.69, 9.17) is 21.4 Å². The van der Waals surface area contributed by atoms with Crippen LogP contribution in [0.3, 0.4) is 0 Å². The monoisotopic (exact) mass is 572 g/mol. The van der Waals surface area contributed by atoms with E-state index in [9.17, 15) is 17.6 Å². The van der Waals surface area contributed by atoms with Crippen LogP contribution in [0.4, 0.5) is 4.39 Å². The second-order valence-corrected chi connectivity index (χ2v) is 10.9. The number of pyridine rings is 1. The van der Waals surface area contributed by atoms with Crippen molar-refractivity contribution in [2.24, 2.45) is 0 Å². The lowest BCUT2D eigenvalue weighted by molar-refractivity contribution is -0.137. The predicted molar refractivity (Wildman–Crippen MR) is 124 cm³/mol. The van der Waals surface area contributed by atoms with Crippen molar-refractivity contribution in [3.05, 3.63) is 63.2 Å². The van der Waals surface area contributed by atoms with E-state index >= 15 is 0 Å². The normalized spacial score (nSPS) is 15.7. The SMILES string of the molecule is O=C(O)Cn1ncc2c1CCC[C@H]2NCS(=O)(=O)c1cnc(Oc2ccc(Cl)cc2F)c(Br)c1. The standard InChI is InChI=1S/C21H19BrClFN4O5S/c22-15-7-13(8-25-21(15)33-19-5-4-12(23)6-16(19)24)34(31,32)11-26-17-2-1-3-18-14(17)9-27-28(18)10-20(29)30/h4-9,17,26H,1-3,10-11H2,(H,29,30)/t17-/m1/s1. The van der Waals surface area contributed by atoms with Crippen LogP contribution in [0.25, 0.3) is 0 Å². The van der Waals surface area contributed by atoms with Crippen molar-refractivity contribution < 1.29 is 27.4 Å². The maximum absolute atomic E-state index is 14.0. The Hall–Kier alpha value is -2.54. The molecule has 0 aliphatic heterocycles. The van der Waals surface area contributed by atoms with Gasteiger partial charge in [0.1, 0.15) is 12.4 Å². The van der Waals surface area contributed by atoms with Gasteiger partial charge in [-0.25, -0.2) is 17.8 Å². The van der Waals surface area contributed by atoms with E-state index < -0.39 is 21.6 Å². The molecule has 0 amide bonds. The summed E-state index contributed by atoms with van der Waals surface area (Å²) in [5.41, 5.74) is 1.60. The number of hydrogen-bond acceptors (Lipinski definition) is 7. The molecule has 2 aromatic heterocycles. The van der Waals surface area contributed by atoms with Crippen LogP contribution < -0.4 is 10.1 Å². The quantitative estimate of drug-likeness (QED) is 0.413. The van der Waals surface area contributed by atoms with E-state index in [1.165, 1.54) is 22.9 Å². The van der Waals surface area contributed by atoms with Crippen LogP contribution in [0.1, 0.15) is 30.1 Å². The number of fused-ring (bicyclic) bond motifs is 1. The fraction of sp³-hybridized carbons (Fsp3) is 0.286. The lowest BCUT2D eigenvalue weighted by Gasteiger charge is -2.24. The number of carboxylic acids is 1. The van der Waals surface area contributed by atoms with Gasteiger partial charge in [0.15, 0.2) is 21.4 Å². The average molecular weight is 574 g/mol. The fourth-order valence-corrected chi connectivity index (χ4v) is 5.54. The Morgan fingerprint density at radius 3 is 2.85 bits per heavy atom. The number of nitrogens with zero attached hydrogens (tertiary/aromatic N) is 3. The Morgan fingerprint density at radius 2 is 2.15 bits per heavy atom. The van der Waals surface area contributed by atoms with Crippen LogP contribution in [0, 0.1) is 5.82 Å². The summed E-state index contributed by atoms with van der Waals surface area (Å²) >= 11 is 8.96. The second kappa shape index (κ2) is 9.98. The van der Waals surface area contributed by atoms with Crippen LogP contribution in [-0.4, -0.2) is 40.1 Å². The van der Waals surface area contributed by atoms with Gasteiger partial charge < -0.3 is 9.84 Å². The van der Waals surface area contributed by atoms with Crippen molar-refractivity contribution in [2.75, 3.05) is 5.88 Å². The van der Waals surface area contributed by atoms with Gasteiger partial charge in [-0.1, -0.05) is 11.6 Å². The van der Waals surface area contributed by atoms with Crippen LogP contribution >= 0.6 is 27.5 Å². The van der Waals surface area contributed by atoms with Crippen LogP contribution in [-0.2, 0) is 27.6 Å². The average Bonchev–Trinajstić information content (AvgIpc) is 3.18. The number of rotatable bonds is 8. The van der Waals surface area contributed by atoms with Gasteiger partial charge >= 0.3 is 5.97 Å². The summed E-state index contributed by atoms with van der Waals surface area (Å²) in [5, 5.41) is 16.4. The van der Waals surface area contributed by atoms with Gasteiger partial charge in [-0.3, -0.25) is 14.8 Å². The van der Waals surface area contributed by atoms with Gasteiger partial charge in [0, 0.05) is 28.5 Å². The molecule has 180 valence electrons. The lowest BCUT2D eigenvalue weighted by atomic mass is 9.93. The first-order chi connectivity index (χ1) is 16.1. The number of carboxylic acid groups (broad SMARTS) is 1. The minimum atomic E-state index is -3.77. The van der Waals surface area contributed by atoms with E-state index in [0.29, 0.717) is 12.8 Å². The molecule has 2 heterocycles. The van der Waals surface area contributed by atoms with Crippen molar-refractivity contribution in [2.45, 2.75) is 36.7 Å². The first-order valence-electron chi connectivity index (χ1n) is 10.1. The van der Waals surface area contributed by atoms with E-state index in [1.54, 1.807) is 6.20 Å². The zero-order chi connectivity index (χ0) is 24.5. The molecule has 3 aromatic rings. The Morgan fingerprint density at radius 1 is 1.35 bits per heavy atom. The minimum Gasteiger partial charge on any atom is -0.480 e. The minimum absolute atomic E-state index is 0.00380. The molecule has 0 saturated carbocycles. The van der Waals surface area contributed by atoms with Crippen molar-refractivity contribution in [1.29, 1.82) is 0 Å². The van der Waals surface area contributed by atoms with Crippen molar-refractivity contribution in [1.82, 2.24) is 20.1 Å². The fourth-order valence-electron chi connectivity index (χ4n) is 3.70. The molecule has 4 rings (SSSR count). The molecule has 34 heavy (non-hydrogen) atoms. The van der Waals surface area contributed by atoms with Gasteiger partial charge in [0.2, 0.25) is 5.88 Å². The Bertz CT molecular complexity index is 1350. The van der Waals surface area contributed by atoms with Crippen molar-refractivity contribution in [3.63, 3.8) is 0 Å². The molecule has 1 aliphatic rings. The molecule has 9 nitrogen and oxygen atoms in total. The first-order valence-corrected chi connectivity index (χ1v) is 13.0. The predicted octanol–water partition coefficient (Wildman–Crippen LogP) is 4.11. The number of aliphatic carboxylic acids is 1. The summed E-state index contributed by atoms with van der Waals surface area (Å²) in [7, 11) is -3.77. The number of nitrogens with one attached hydrogen (secondary N) is 1. The third-order valence-electron chi connectivity index (χ3n) is 5.31. The third kappa shape index (κ3) is 5.40. The van der Waals surface area contributed by atoms with Gasteiger partial charge in [0.05, 0.1) is 15.6 Å². The van der Waals surface area contributed by atoms with Crippen molar-refractivity contribution in [3.8, 4) is 11.6 Å². The molecular weight excluding hydrogens is 555 g/mol. The maximum atomic E-state index is 14.0. The van der Waals surface area contributed by atoms with Crippen LogP contribution in [0.5, 0.6) is 11.6 Å². The van der Waals surface area contributed by atoms with E-state index in [-0.39, 0.29) is 44.5 Å². The maximum Gasteiger partial charge on any atom is 0.325 e. The number of aromatic nitrogens is 3. The molecule has 0 fully saturated rings. The summed E-state index contributed by atoms with van der Waals surface area (Å²) in [6, 6.07) is 4.97. The number of benzene rings is 1. The highest BCUT2D eigenvalue weighted by molar-refractivity contribution is 9.10. The number of ether oxygens (including phenoxy) is 1. The zero-order valence-electron chi connectivity index (χ0n) is 17.5. The third-order valence-corrected chi connectivity index (χ3v) is 7.60. The highest BCUT2D eigenvalue weighted by atomic mass is 79.9. The van der Waals surface area contributed by atoms with Crippen LogP contribution in [0.15, 0.2) is 46.0 Å². The van der Waals surface area contributed by atoms with Gasteiger partial charge in [-0.15, -0.1) is 0 Å². The number of carbonyl (C=O) groups is 1. The Labute approximate surface area is 208 Å². The molecule has 1 aromatic carbocycles. The molecule has 0 bridgehead atoms. The molecule has 13 heteroatoms. The number of hydrogen-bond donors (Lipinski definition) is 2. The van der Waals surface area contributed by atoms with Crippen LogP contribution in [0.2, 0.25) is 5.02 Å². The van der Waals surface area contributed by atoms with Gasteiger partial charge in [0.25, 0.3) is 0 Å². The molecule has 0 spiro atoms. The van der Waals surface area contributed by atoms with E-state index in [0.717, 1.165) is 29.9 Å². The molecule has 2 N–H and O–H groups in total. The largest absolute Gasteiger partial charge is 0.480 e. The number of sulfone groups is 1. The molecule has 1 atom stereocenters. The Balaban J connectivity index is 1.47. The summed E-state index contributed by atoms with van der Waals surface area (Å²) in [5.74, 6) is -2.14.